The second kappa shape index (κ2) is 6.35. The minimum Gasteiger partial charge on any atom is -0.493 e. The summed E-state index contributed by atoms with van der Waals surface area (Å²) in [5, 5.41) is 14.2. The molecule has 7 nitrogen and oxygen atoms in total. The van der Waals surface area contributed by atoms with Crippen molar-refractivity contribution in [3.05, 3.63) is 58.1 Å². The van der Waals surface area contributed by atoms with Gasteiger partial charge in [-0.2, -0.15) is 0 Å². The molecule has 0 unspecified atom stereocenters. The predicted molar refractivity (Wildman–Crippen MR) is 85.6 cm³/mol. The van der Waals surface area contributed by atoms with Crippen LogP contribution >= 0.6 is 0 Å². The first-order chi connectivity index (χ1) is 11.2. The second-order valence-corrected chi connectivity index (χ2v) is 4.85. The summed E-state index contributed by atoms with van der Waals surface area (Å²) in [6, 6.07) is 11.6. The van der Waals surface area contributed by atoms with Gasteiger partial charge in [0.2, 0.25) is 5.75 Å². The summed E-state index contributed by atoms with van der Waals surface area (Å²) in [4.78, 5) is 14.9. The molecule has 3 rings (SSSR count). The molecular formula is C16H15N3O4. The van der Waals surface area contributed by atoms with E-state index in [1.165, 1.54) is 13.2 Å². The third-order valence-corrected chi connectivity index (χ3v) is 3.39. The van der Waals surface area contributed by atoms with E-state index in [2.05, 4.69) is 10.3 Å². The maximum Gasteiger partial charge on any atom is 0.311 e. The molecule has 0 fully saturated rings. The van der Waals surface area contributed by atoms with Crippen LogP contribution in [0.15, 0.2) is 47.5 Å². The zero-order valence-corrected chi connectivity index (χ0v) is 12.5. The third-order valence-electron chi connectivity index (χ3n) is 3.39. The summed E-state index contributed by atoms with van der Waals surface area (Å²) in [7, 11) is 1.52. The number of benzene rings is 2. The van der Waals surface area contributed by atoms with Gasteiger partial charge in [-0.15, -0.1) is 0 Å². The summed E-state index contributed by atoms with van der Waals surface area (Å²) < 4.78 is 11.0. The van der Waals surface area contributed by atoms with Gasteiger partial charge in [0.05, 0.1) is 18.6 Å². The minimum absolute atomic E-state index is 0.0968. The minimum atomic E-state index is -0.479. The van der Waals surface area contributed by atoms with E-state index in [-0.39, 0.29) is 11.4 Å². The fourth-order valence-corrected chi connectivity index (χ4v) is 2.30. The number of ether oxygens (including phenoxy) is 2. The summed E-state index contributed by atoms with van der Waals surface area (Å²) >= 11 is 0. The fourth-order valence-electron chi connectivity index (χ4n) is 2.30. The number of hydrogen-bond donors (Lipinski definition) is 1. The highest BCUT2D eigenvalue weighted by atomic mass is 16.6. The van der Waals surface area contributed by atoms with Gasteiger partial charge < -0.3 is 14.8 Å². The maximum absolute atomic E-state index is 11.1. The zero-order valence-electron chi connectivity index (χ0n) is 12.5. The number of nitro groups is 1. The predicted octanol–water partition coefficient (Wildman–Crippen LogP) is 2.75. The lowest BCUT2D eigenvalue weighted by Gasteiger charge is -2.12. The van der Waals surface area contributed by atoms with Crippen molar-refractivity contribution in [1.82, 2.24) is 5.32 Å². The number of methoxy groups -OCH3 is 1. The summed E-state index contributed by atoms with van der Waals surface area (Å²) in [5.74, 6) is 1.86. The Hall–Kier alpha value is -3.09. The Morgan fingerprint density at radius 1 is 1.17 bits per heavy atom. The molecule has 0 saturated carbocycles. The lowest BCUT2D eigenvalue weighted by atomic mass is 10.2. The SMILES string of the molecule is COc1cc(C2=NCCN2)ccc1Oc1ccccc1[N+](=O)[O-]. The van der Waals surface area contributed by atoms with Crippen molar-refractivity contribution in [2.75, 3.05) is 20.2 Å². The molecule has 2 aromatic carbocycles. The molecule has 0 aromatic heterocycles. The topological polar surface area (TPSA) is 86.0 Å². The second-order valence-electron chi connectivity index (χ2n) is 4.85. The van der Waals surface area contributed by atoms with Crippen LogP contribution in [0.5, 0.6) is 17.2 Å². The Kier molecular flexibility index (Phi) is 4.09. The van der Waals surface area contributed by atoms with Gasteiger partial charge in [-0.1, -0.05) is 12.1 Å². The van der Waals surface area contributed by atoms with Crippen molar-refractivity contribution >= 4 is 11.5 Å². The number of aliphatic imine (C=N–C) groups is 1. The number of nitrogens with zero attached hydrogens (tertiary/aromatic N) is 2. The van der Waals surface area contributed by atoms with E-state index in [0.29, 0.717) is 11.5 Å². The van der Waals surface area contributed by atoms with Crippen molar-refractivity contribution < 1.29 is 14.4 Å². The molecular weight excluding hydrogens is 298 g/mol. The normalized spacial score (nSPS) is 13.2. The van der Waals surface area contributed by atoms with E-state index in [0.717, 1.165) is 24.5 Å². The summed E-state index contributed by atoms with van der Waals surface area (Å²) in [6.07, 6.45) is 0. The van der Waals surface area contributed by atoms with Crippen LogP contribution in [-0.2, 0) is 0 Å². The number of hydrogen-bond acceptors (Lipinski definition) is 6. The molecule has 0 amide bonds. The van der Waals surface area contributed by atoms with Crippen LogP contribution < -0.4 is 14.8 Å². The van der Waals surface area contributed by atoms with Crippen molar-refractivity contribution in [3.63, 3.8) is 0 Å². The molecule has 23 heavy (non-hydrogen) atoms. The van der Waals surface area contributed by atoms with Crippen LogP contribution in [0.25, 0.3) is 0 Å². The fraction of sp³-hybridized carbons (Fsp3) is 0.188. The highest BCUT2D eigenvalue weighted by Gasteiger charge is 2.17. The Labute approximate surface area is 132 Å². The Morgan fingerprint density at radius 2 is 2.00 bits per heavy atom. The number of nitro benzene ring substituents is 1. The Morgan fingerprint density at radius 3 is 2.70 bits per heavy atom. The van der Waals surface area contributed by atoms with Gasteiger partial charge in [0.1, 0.15) is 5.84 Å². The molecule has 0 bridgehead atoms. The van der Waals surface area contributed by atoms with Crippen molar-refractivity contribution in [2.24, 2.45) is 4.99 Å². The smallest absolute Gasteiger partial charge is 0.311 e. The quantitative estimate of drug-likeness (QED) is 0.677. The van der Waals surface area contributed by atoms with Crippen LogP contribution in [-0.4, -0.2) is 31.0 Å². The average Bonchev–Trinajstić information content (AvgIpc) is 3.10. The first-order valence-electron chi connectivity index (χ1n) is 7.07. The lowest BCUT2D eigenvalue weighted by Crippen LogP contribution is -2.19. The molecule has 0 radical (unpaired) electrons. The van der Waals surface area contributed by atoms with Gasteiger partial charge in [0, 0.05) is 18.2 Å². The molecule has 1 heterocycles. The van der Waals surface area contributed by atoms with Gasteiger partial charge >= 0.3 is 5.69 Å². The monoisotopic (exact) mass is 313 g/mol. The van der Waals surface area contributed by atoms with E-state index in [9.17, 15) is 10.1 Å². The number of amidine groups is 1. The Balaban J connectivity index is 1.93. The number of rotatable bonds is 5. The number of nitrogens with one attached hydrogen (secondary N) is 1. The highest BCUT2D eigenvalue weighted by molar-refractivity contribution is 6.00. The van der Waals surface area contributed by atoms with Gasteiger partial charge in [0.25, 0.3) is 0 Å². The zero-order chi connectivity index (χ0) is 16.2. The summed E-state index contributed by atoms with van der Waals surface area (Å²) in [5.41, 5.74) is 0.787. The average molecular weight is 313 g/mol. The number of para-hydroxylation sites is 2. The summed E-state index contributed by atoms with van der Waals surface area (Å²) in [6.45, 7) is 1.55. The van der Waals surface area contributed by atoms with Crippen molar-refractivity contribution in [2.45, 2.75) is 0 Å². The molecule has 1 N–H and O–H groups in total. The van der Waals surface area contributed by atoms with E-state index < -0.39 is 4.92 Å². The van der Waals surface area contributed by atoms with Crippen molar-refractivity contribution in [3.8, 4) is 17.2 Å². The molecule has 7 heteroatoms. The first-order valence-corrected chi connectivity index (χ1v) is 7.07. The van der Waals surface area contributed by atoms with Crippen LogP contribution in [0.2, 0.25) is 0 Å². The molecule has 0 spiro atoms. The van der Waals surface area contributed by atoms with Gasteiger partial charge in [-0.05, 0) is 24.3 Å². The largest absolute Gasteiger partial charge is 0.493 e. The van der Waals surface area contributed by atoms with E-state index in [1.807, 2.05) is 6.07 Å². The standard InChI is InChI=1S/C16H15N3O4/c1-22-15-10-11(16-17-8-9-18-16)6-7-14(15)23-13-5-3-2-4-12(13)19(20)21/h2-7,10H,8-9H2,1H3,(H,17,18). The van der Waals surface area contributed by atoms with Crippen LogP contribution in [0.1, 0.15) is 5.56 Å². The van der Waals surface area contributed by atoms with E-state index in [1.54, 1.807) is 30.3 Å². The van der Waals surface area contributed by atoms with E-state index in [4.69, 9.17) is 9.47 Å². The lowest BCUT2D eigenvalue weighted by molar-refractivity contribution is -0.385. The third kappa shape index (κ3) is 3.08. The van der Waals surface area contributed by atoms with Gasteiger partial charge in [-0.3, -0.25) is 15.1 Å². The molecule has 1 aliphatic heterocycles. The molecule has 0 atom stereocenters. The first kappa shape index (κ1) is 14.8. The van der Waals surface area contributed by atoms with Gasteiger partial charge in [-0.25, -0.2) is 0 Å². The van der Waals surface area contributed by atoms with Crippen LogP contribution in [0.3, 0.4) is 0 Å². The maximum atomic E-state index is 11.1. The molecule has 0 aliphatic carbocycles. The molecule has 0 saturated heterocycles. The molecule has 2 aromatic rings. The molecule has 1 aliphatic rings. The Bertz CT molecular complexity index is 774. The van der Waals surface area contributed by atoms with Crippen LogP contribution in [0, 0.1) is 10.1 Å². The van der Waals surface area contributed by atoms with Gasteiger partial charge in [0.15, 0.2) is 11.5 Å². The van der Waals surface area contributed by atoms with Crippen LogP contribution in [0.4, 0.5) is 5.69 Å². The van der Waals surface area contributed by atoms with E-state index >= 15 is 0 Å². The highest BCUT2D eigenvalue weighted by Crippen LogP contribution is 2.36. The van der Waals surface area contributed by atoms with Crippen molar-refractivity contribution in [1.29, 1.82) is 0 Å². The molecule has 118 valence electrons.